The molecule has 0 aliphatic rings. The summed E-state index contributed by atoms with van der Waals surface area (Å²) in [4.78, 5) is 35.5. The largest absolute Gasteiger partial charge is 0.493 e. The Morgan fingerprint density at radius 1 is 1.21 bits per heavy atom. The Morgan fingerprint density at radius 3 is 2.74 bits per heavy atom. The predicted molar refractivity (Wildman–Crippen MR) is 126 cm³/mol. The Morgan fingerprint density at radius 2 is 2.00 bits per heavy atom. The van der Waals surface area contributed by atoms with E-state index in [1.807, 2.05) is 19.9 Å². The zero-order valence-electron chi connectivity index (χ0n) is 19.1. The lowest BCUT2D eigenvalue weighted by molar-refractivity contribution is 0.0993. The van der Waals surface area contributed by atoms with E-state index in [1.165, 1.54) is 10.5 Å². The smallest absolute Gasteiger partial charge is 0.282 e. The second-order valence-electron chi connectivity index (χ2n) is 7.52. The van der Waals surface area contributed by atoms with E-state index in [0.29, 0.717) is 23.7 Å². The van der Waals surface area contributed by atoms with Crippen LogP contribution in [0.3, 0.4) is 0 Å². The number of hydrogen-bond donors (Lipinski definition) is 0. The van der Waals surface area contributed by atoms with Crippen molar-refractivity contribution in [2.75, 3.05) is 20.3 Å². The first-order valence-corrected chi connectivity index (χ1v) is 10.8. The maximum absolute atomic E-state index is 13.3. The molecule has 9 heteroatoms. The van der Waals surface area contributed by atoms with Crippen molar-refractivity contribution < 1.29 is 14.3 Å². The molecule has 1 aromatic carbocycles. The van der Waals surface area contributed by atoms with Crippen LogP contribution in [0.2, 0.25) is 0 Å². The van der Waals surface area contributed by atoms with Crippen molar-refractivity contribution in [3.8, 4) is 11.8 Å². The normalized spacial score (nSPS) is 11.6. The third-order valence-electron chi connectivity index (χ3n) is 5.37. The van der Waals surface area contributed by atoms with Gasteiger partial charge in [0.15, 0.2) is 5.49 Å². The van der Waals surface area contributed by atoms with Crippen molar-refractivity contribution in [1.82, 2.24) is 14.0 Å². The number of hydrogen-bond acceptors (Lipinski definition) is 6. The van der Waals surface area contributed by atoms with Crippen LogP contribution in [-0.4, -0.2) is 40.2 Å². The Hall–Kier alpha value is -4.29. The Bertz CT molecular complexity index is 1580. The number of carbonyl (C=O) groups is 1. The number of carbonyl (C=O) groups excluding carboxylic acids is 1. The van der Waals surface area contributed by atoms with E-state index in [1.54, 1.807) is 48.2 Å². The molecule has 0 atom stereocenters. The van der Waals surface area contributed by atoms with Crippen LogP contribution in [0.5, 0.6) is 5.75 Å². The maximum Gasteiger partial charge on any atom is 0.282 e. The van der Waals surface area contributed by atoms with E-state index in [0.717, 1.165) is 5.56 Å². The lowest BCUT2D eigenvalue weighted by Gasteiger charge is -2.14. The quantitative estimate of drug-likeness (QED) is 0.412. The van der Waals surface area contributed by atoms with Crippen molar-refractivity contribution >= 4 is 22.6 Å². The number of fused-ring (bicyclic) bond motifs is 2. The van der Waals surface area contributed by atoms with Gasteiger partial charge in [-0.2, -0.15) is 10.3 Å². The summed E-state index contributed by atoms with van der Waals surface area (Å²) in [5.41, 5.74) is 1.75. The first-order valence-electron chi connectivity index (χ1n) is 10.8. The number of aromatic nitrogens is 3. The fourth-order valence-corrected chi connectivity index (χ4v) is 3.77. The van der Waals surface area contributed by atoms with E-state index >= 15 is 0 Å². The molecule has 0 N–H and O–H groups in total. The fourth-order valence-electron chi connectivity index (χ4n) is 3.77. The van der Waals surface area contributed by atoms with Gasteiger partial charge in [-0.1, -0.05) is 18.2 Å². The van der Waals surface area contributed by atoms with Crippen molar-refractivity contribution in [2.45, 2.75) is 20.4 Å². The van der Waals surface area contributed by atoms with Crippen molar-refractivity contribution in [1.29, 1.82) is 5.26 Å². The van der Waals surface area contributed by atoms with Gasteiger partial charge in [0.25, 0.3) is 11.5 Å². The molecule has 34 heavy (non-hydrogen) atoms. The van der Waals surface area contributed by atoms with Crippen LogP contribution < -0.4 is 15.8 Å². The van der Waals surface area contributed by atoms with E-state index in [4.69, 9.17) is 14.5 Å². The van der Waals surface area contributed by atoms with Gasteiger partial charge >= 0.3 is 0 Å². The first kappa shape index (κ1) is 22.9. The standard InChI is InChI=1S/C25H23N5O4/c1-4-34-20-10-6-5-9-18(20)24(31)28-22-17(15-26)14-19-23(29(22)12-13-33-3)27-21-16(2)8-7-11-30(21)25(19)32/h5-11,14H,4,12-13H2,1-3H3. The number of para-hydroxylation sites is 1. The number of benzene rings is 1. The number of nitriles is 1. The number of methoxy groups -OCH3 is 1. The maximum atomic E-state index is 13.3. The third-order valence-corrected chi connectivity index (χ3v) is 5.37. The van der Waals surface area contributed by atoms with Crippen molar-refractivity contribution in [3.05, 3.63) is 81.2 Å². The summed E-state index contributed by atoms with van der Waals surface area (Å²) in [6.45, 7) is 4.56. The molecule has 0 spiro atoms. The van der Waals surface area contributed by atoms with E-state index < -0.39 is 5.91 Å². The number of amides is 1. The molecule has 0 unspecified atom stereocenters. The minimum absolute atomic E-state index is 0.0809. The van der Waals surface area contributed by atoms with Gasteiger partial charge in [0, 0.05) is 19.9 Å². The molecule has 4 rings (SSSR count). The average Bonchev–Trinajstić information content (AvgIpc) is 2.84. The van der Waals surface area contributed by atoms with Gasteiger partial charge in [-0.3, -0.25) is 14.0 Å². The van der Waals surface area contributed by atoms with Crippen LogP contribution in [0, 0.1) is 18.3 Å². The Kier molecular flexibility index (Phi) is 6.52. The van der Waals surface area contributed by atoms with Gasteiger partial charge in [0.1, 0.15) is 23.1 Å². The topological polar surface area (TPSA) is 111 Å². The molecular formula is C25H23N5O4. The zero-order chi connectivity index (χ0) is 24.2. The number of nitrogens with zero attached hydrogens (tertiary/aromatic N) is 5. The highest BCUT2D eigenvalue weighted by molar-refractivity contribution is 5.97. The fraction of sp³-hybridized carbons (Fsp3) is 0.240. The van der Waals surface area contributed by atoms with Gasteiger partial charge in [-0.25, -0.2) is 4.98 Å². The molecule has 3 heterocycles. The second kappa shape index (κ2) is 9.68. The lowest BCUT2D eigenvalue weighted by atomic mass is 10.2. The third kappa shape index (κ3) is 4.07. The van der Waals surface area contributed by atoms with Crippen LogP contribution in [0.25, 0.3) is 16.7 Å². The molecule has 0 saturated heterocycles. The molecule has 1 amide bonds. The van der Waals surface area contributed by atoms with Crippen molar-refractivity contribution in [2.24, 2.45) is 4.99 Å². The number of rotatable bonds is 6. The van der Waals surface area contributed by atoms with Crippen LogP contribution >= 0.6 is 0 Å². The minimum Gasteiger partial charge on any atom is -0.493 e. The number of aryl methyl sites for hydroxylation is 1. The zero-order valence-corrected chi connectivity index (χ0v) is 19.1. The molecule has 0 aliphatic heterocycles. The highest BCUT2D eigenvalue weighted by Crippen LogP contribution is 2.19. The SMILES string of the molecule is CCOc1ccccc1C(=O)N=c1c(C#N)cc2c(=O)n3cccc(C)c3nc2n1CCOC. The summed E-state index contributed by atoms with van der Waals surface area (Å²) in [5.74, 6) is -0.167. The molecule has 4 aromatic rings. The summed E-state index contributed by atoms with van der Waals surface area (Å²) >= 11 is 0. The van der Waals surface area contributed by atoms with Crippen LogP contribution in [0.4, 0.5) is 0 Å². The van der Waals surface area contributed by atoms with Crippen LogP contribution in [0.1, 0.15) is 28.4 Å². The molecule has 172 valence electrons. The summed E-state index contributed by atoms with van der Waals surface area (Å²) < 4.78 is 13.8. The molecule has 9 nitrogen and oxygen atoms in total. The lowest BCUT2D eigenvalue weighted by Crippen LogP contribution is -2.30. The summed E-state index contributed by atoms with van der Waals surface area (Å²) in [7, 11) is 1.54. The van der Waals surface area contributed by atoms with Gasteiger partial charge in [0.2, 0.25) is 0 Å². The molecule has 3 aromatic heterocycles. The molecule has 0 bridgehead atoms. The summed E-state index contributed by atoms with van der Waals surface area (Å²) in [5, 5.41) is 10.1. The average molecular weight is 457 g/mol. The van der Waals surface area contributed by atoms with Gasteiger partial charge in [0.05, 0.1) is 29.7 Å². The first-order chi connectivity index (χ1) is 16.5. The summed E-state index contributed by atoms with van der Waals surface area (Å²) in [6, 6.07) is 13.9. The van der Waals surface area contributed by atoms with Gasteiger partial charge < -0.3 is 14.0 Å². The Labute approximate surface area is 195 Å². The number of pyridine rings is 2. The summed E-state index contributed by atoms with van der Waals surface area (Å²) in [6.07, 6.45) is 1.63. The predicted octanol–water partition coefficient (Wildman–Crippen LogP) is 2.62. The van der Waals surface area contributed by atoms with Crippen LogP contribution in [0.15, 0.2) is 58.4 Å². The number of ether oxygens (including phenoxy) is 2. The molecule has 0 aliphatic carbocycles. The van der Waals surface area contributed by atoms with Gasteiger partial charge in [-0.15, -0.1) is 0 Å². The van der Waals surface area contributed by atoms with E-state index in [2.05, 4.69) is 11.1 Å². The van der Waals surface area contributed by atoms with Crippen molar-refractivity contribution in [3.63, 3.8) is 0 Å². The van der Waals surface area contributed by atoms with E-state index in [-0.39, 0.29) is 40.7 Å². The monoisotopic (exact) mass is 457 g/mol. The molecule has 0 radical (unpaired) electrons. The highest BCUT2D eigenvalue weighted by atomic mass is 16.5. The van der Waals surface area contributed by atoms with Crippen LogP contribution in [-0.2, 0) is 11.3 Å². The molecular weight excluding hydrogens is 434 g/mol. The highest BCUT2D eigenvalue weighted by Gasteiger charge is 2.17. The van der Waals surface area contributed by atoms with E-state index in [9.17, 15) is 14.9 Å². The minimum atomic E-state index is -0.570. The Balaban J connectivity index is 2.08. The molecule has 0 fully saturated rings. The molecule has 0 saturated carbocycles. The van der Waals surface area contributed by atoms with Gasteiger partial charge in [-0.05, 0) is 43.7 Å². The second-order valence-corrected chi connectivity index (χ2v) is 7.52.